The number of carbonyl (C=O) groups excluding carboxylic acids is 1. The number of nitrogens with two attached hydrogens (primary N) is 1. The Morgan fingerprint density at radius 1 is 1.62 bits per heavy atom. The minimum atomic E-state index is -0.460. The van der Waals surface area contributed by atoms with E-state index < -0.39 is 6.04 Å². The number of nitrogens with one attached hydrogen (secondary N) is 1. The number of aryl methyl sites for hydroxylation is 1. The van der Waals surface area contributed by atoms with Gasteiger partial charge in [0.25, 0.3) is 0 Å². The summed E-state index contributed by atoms with van der Waals surface area (Å²) in [5, 5.41) is 2.79. The van der Waals surface area contributed by atoms with E-state index in [1.807, 2.05) is 26.8 Å². The van der Waals surface area contributed by atoms with Gasteiger partial charge in [0, 0.05) is 17.6 Å². The number of hydrogen-bond donors (Lipinski definition) is 2. The molecule has 1 rings (SSSR count). The van der Waals surface area contributed by atoms with Crippen molar-refractivity contribution in [1.82, 2.24) is 4.98 Å². The van der Waals surface area contributed by atoms with Crippen molar-refractivity contribution in [3.05, 3.63) is 24.0 Å². The molecule has 0 unspecified atom stereocenters. The summed E-state index contributed by atoms with van der Waals surface area (Å²) in [6.45, 7) is 5.88. The van der Waals surface area contributed by atoms with Crippen molar-refractivity contribution < 1.29 is 4.79 Å². The Kier molecular flexibility index (Phi) is 4.43. The maximum atomic E-state index is 11.8. The molecular formula is C12H19N3O. The molecule has 4 heteroatoms. The first-order valence-corrected chi connectivity index (χ1v) is 5.53. The first-order valence-electron chi connectivity index (χ1n) is 5.53. The first-order chi connectivity index (χ1) is 7.54. The molecule has 0 fully saturated rings. The zero-order chi connectivity index (χ0) is 12.1. The van der Waals surface area contributed by atoms with Gasteiger partial charge in [-0.1, -0.05) is 20.3 Å². The Hall–Kier alpha value is -1.42. The van der Waals surface area contributed by atoms with Crippen LogP contribution < -0.4 is 11.1 Å². The van der Waals surface area contributed by atoms with Crippen molar-refractivity contribution in [2.45, 2.75) is 33.2 Å². The van der Waals surface area contributed by atoms with Gasteiger partial charge in [-0.3, -0.25) is 9.78 Å². The molecule has 2 atom stereocenters. The number of rotatable bonds is 4. The molecule has 0 aliphatic heterocycles. The Labute approximate surface area is 96.3 Å². The van der Waals surface area contributed by atoms with Crippen LogP contribution in [-0.2, 0) is 4.79 Å². The Morgan fingerprint density at radius 2 is 2.31 bits per heavy atom. The van der Waals surface area contributed by atoms with Gasteiger partial charge in [0.15, 0.2) is 0 Å². The Morgan fingerprint density at radius 3 is 2.88 bits per heavy atom. The van der Waals surface area contributed by atoms with Gasteiger partial charge in [-0.25, -0.2) is 0 Å². The van der Waals surface area contributed by atoms with E-state index in [9.17, 15) is 4.79 Å². The van der Waals surface area contributed by atoms with E-state index in [1.165, 1.54) is 0 Å². The molecule has 4 nitrogen and oxygen atoms in total. The highest BCUT2D eigenvalue weighted by molar-refractivity contribution is 5.94. The molecule has 0 spiro atoms. The molecule has 16 heavy (non-hydrogen) atoms. The summed E-state index contributed by atoms with van der Waals surface area (Å²) in [4.78, 5) is 15.8. The van der Waals surface area contributed by atoms with Crippen molar-refractivity contribution >= 4 is 11.6 Å². The summed E-state index contributed by atoms with van der Waals surface area (Å²) in [6.07, 6.45) is 2.56. The number of amides is 1. The van der Waals surface area contributed by atoms with E-state index in [0.717, 1.165) is 17.8 Å². The SMILES string of the molecule is CC[C@H](C)[C@H](N)C(=O)Nc1ccnc(C)c1. The minimum absolute atomic E-state index is 0.139. The van der Waals surface area contributed by atoms with Gasteiger partial charge in [-0.15, -0.1) is 0 Å². The van der Waals surface area contributed by atoms with Gasteiger partial charge in [0.1, 0.15) is 0 Å². The van der Waals surface area contributed by atoms with E-state index in [2.05, 4.69) is 10.3 Å². The molecule has 0 radical (unpaired) electrons. The molecule has 0 saturated heterocycles. The highest BCUT2D eigenvalue weighted by Crippen LogP contribution is 2.10. The van der Waals surface area contributed by atoms with Crippen LogP contribution in [0.1, 0.15) is 26.0 Å². The van der Waals surface area contributed by atoms with Crippen LogP contribution >= 0.6 is 0 Å². The van der Waals surface area contributed by atoms with Crippen molar-refractivity contribution in [3.63, 3.8) is 0 Å². The monoisotopic (exact) mass is 221 g/mol. The Bertz CT molecular complexity index is 365. The smallest absolute Gasteiger partial charge is 0.241 e. The maximum absolute atomic E-state index is 11.8. The molecule has 1 aromatic rings. The predicted octanol–water partition coefficient (Wildman–Crippen LogP) is 1.70. The number of aromatic nitrogens is 1. The molecule has 1 amide bonds. The summed E-state index contributed by atoms with van der Waals surface area (Å²) in [6, 6.07) is 3.12. The van der Waals surface area contributed by atoms with Crippen LogP contribution in [0.2, 0.25) is 0 Å². The molecule has 0 bridgehead atoms. The van der Waals surface area contributed by atoms with Crippen LogP contribution in [0.15, 0.2) is 18.3 Å². The average Bonchev–Trinajstić information content (AvgIpc) is 2.27. The summed E-state index contributed by atoms with van der Waals surface area (Å²) < 4.78 is 0. The number of carbonyl (C=O) groups is 1. The molecule has 0 saturated carbocycles. The third-order valence-corrected chi connectivity index (χ3v) is 2.72. The van der Waals surface area contributed by atoms with E-state index in [4.69, 9.17) is 5.73 Å². The fourth-order valence-electron chi connectivity index (χ4n) is 1.36. The number of anilines is 1. The highest BCUT2D eigenvalue weighted by atomic mass is 16.2. The molecule has 1 heterocycles. The second-order valence-corrected chi connectivity index (χ2v) is 4.09. The lowest BCUT2D eigenvalue weighted by molar-refractivity contribution is -0.118. The first kappa shape index (κ1) is 12.6. The van der Waals surface area contributed by atoms with Crippen LogP contribution in [0.4, 0.5) is 5.69 Å². The molecule has 0 aliphatic rings. The lowest BCUT2D eigenvalue weighted by Gasteiger charge is -2.17. The van der Waals surface area contributed by atoms with Crippen LogP contribution in [-0.4, -0.2) is 16.9 Å². The quantitative estimate of drug-likeness (QED) is 0.813. The van der Waals surface area contributed by atoms with Gasteiger partial charge in [-0.05, 0) is 25.0 Å². The molecule has 1 aromatic heterocycles. The summed E-state index contributed by atoms with van der Waals surface area (Å²) in [7, 11) is 0. The molecular weight excluding hydrogens is 202 g/mol. The second-order valence-electron chi connectivity index (χ2n) is 4.09. The molecule has 0 aromatic carbocycles. The summed E-state index contributed by atoms with van der Waals surface area (Å²) in [5.74, 6) is 0.0443. The zero-order valence-electron chi connectivity index (χ0n) is 10.0. The third kappa shape index (κ3) is 3.31. The predicted molar refractivity (Wildman–Crippen MR) is 65.0 cm³/mol. The van der Waals surface area contributed by atoms with Crippen LogP contribution in [0.5, 0.6) is 0 Å². The summed E-state index contributed by atoms with van der Waals surface area (Å²) in [5.41, 5.74) is 7.45. The summed E-state index contributed by atoms with van der Waals surface area (Å²) >= 11 is 0. The lowest BCUT2D eigenvalue weighted by atomic mass is 9.99. The van der Waals surface area contributed by atoms with Gasteiger partial charge in [0.05, 0.1) is 6.04 Å². The van der Waals surface area contributed by atoms with Crippen molar-refractivity contribution in [3.8, 4) is 0 Å². The van der Waals surface area contributed by atoms with Crippen LogP contribution in [0.3, 0.4) is 0 Å². The van der Waals surface area contributed by atoms with Crippen LogP contribution in [0, 0.1) is 12.8 Å². The molecule has 0 aliphatic carbocycles. The average molecular weight is 221 g/mol. The second kappa shape index (κ2) is 5.61. The Balaban J connectivity index is 2.64. The van der Waals surface area contributed by atoms with Crippen molar-refractivity contribution in [1.29, 1.82) is 0 Å². The number of hydrogen-bond acceptors (Lipinski definition) is 3. The number of pyridine rings is 1. The van der Waals surface area contributed by atoms with E-state index in [-0.39, 0.29) is 11.8 Å². The largest absolute Gasteiger partial charge is 0.325 e. The van der Waals surface area contributed by atoms with E-state index >= 15 is 0 Å². The van der Waals surface area contributed by atoms with Crippen molar-refractivity contribution in [2.75, 3.05) is 5.32 Å². The lowest BCUT2D eigenvalue weighted by Crippen LogP contribution is -2.40. The maximum Gasteiger partial charge on any atom is 0.241 e. The minimum Gasteiger partial charge on any atom is -0.325 e. The zero-order valence-corrected chi connectivity index (χ0v) is 10.0. The van der Waals surface area contributed by atoms with Gasteiger partial charge < -0.3 is 11.1 Å². The van der Waals surface area contributed by atoms with E-state index in [1.54, 1.807) is 12.3 Å². The van der Waals surface area contributed by atoms with Crippen LogP contribution in [0.25, 0.3) is 0 Å². The highest BCUT2D eigenvalue weighted by Gasteiger charge is 2.19. The fourth-order valence-corrected chi connectivity index (χ4v) is 1.36. The topological polar surface area (TPSA) is 68.0 Å². The van der Waals surface area contributed by atoms with Crippen molar-refractivity contribution in [2.24, 2.45) is 11.7 Å². The van der Waals surface area contributed by atoms with Gasteiger partial charge in [-0.2, -0.15) is 0 Å². The van der Waals surface area contributed by atoms with Gasteiger partial charge >= 0.3 is 0 Å². The molecule has 3 N–H and O–H groups in total. The third-order valence-electron chi connectivity index (χ3n) is 2.72. The normalized spacial score (nSPS) is 14.2. The van der Waals surface area contributed by atoms with E-state index in [0.29, 0.717) is 0 Å². The standard InChI is InChI=1S/C12H19N3O/c1-4-8(2)11(13)12(16)15-10-5-6-14-9(3)7-10/h5-8,11H,4,13H2,1-3H3,(H,14,15,16)/t8-,11-/m0/s1. The number of nitrogens with zero attached hydrogens (tertiary/aromatic N) is 1. The van der Waals surface area contributed by atoms with Gasteiger partial charge in [0.2, 0.25) is 5.91 Å². The molecule has 88 valence electrons. The fraction of sp³-hybridized carbons (Fsp3) is 0.500.